The molecule has 24 heavy (non-hydrogen) atoms. The molecule has 1 aromatic rings. The molecule has 5 nitrogen and oxygen atoms in total. The van der Waals surface area contributed by atoms with Crippen LogP contribution in [0, 0.1) is 0 Å². The fourth-order valence-corrected chi connectivity index (χ4v) is 5.76. The van der Waals surface area contributed by atoms with Gasteiger partial charge in [0.15, 0.2) is 0 Å². The van der Waals surface area contributed by atoms with Crippen molar-refractivity contribution in [3.05, 3.63) is 28.2 Å². The number of hydrogen-bond acceptors (Lipinski definition) is 4. The van der Waals surface area contributed by atoms with Gasteiger partial charge in [-0.3, -0.25) is 4.90 Å². The Labute approximate surface area is 153 Å². The van der Waals surface area contributed by atoms with Crippen molar-refractivity contribution in [2.75, 3.05) is 39.3 Å². The highest BCUT2D eigenvalue weighted by Crippen LogP contribution is 2.31. The number of rotatable bonds is 4. The van der Waals surface area contributed by atoms with E-state index in [0.717, 1.165) is 26.0 Å². The topological polar surface area (TPSA) is 49.9 Å². The first-order valence-electron chi connectivity index (χ1n) is 8.26. The minimum absolute atomic E-state index is 0.0115. The second-order valence-electron chi connectivity index (χ2n) is 6.24. The van der Waals surface area contributed by atoms with Gasteiger partial charge in [-0.2, -0.15) is 4.31 Å². The van der Waals surface area contributed by atoms with Crippen LogP contribution in [0.4, 0.5) is 0 Å². The van der Waals surface area contributed by atoms with Crippen molar-refractivity contribution >= 4 is 33.2 Å². The van der Waals surface area contributed by atoms with Gasteiger partial charge in [0.25, 0.3) is 0 Å². The average Bonchev–Trinajstić information content (AvgIpc) is 2.56. The Kier molecular flexibility index (Phi) is 6.06. The molecule has 0 aliphatic carbocycles. The lowest BCUT2D eigenvalue weighted by Crippen LogP contribution is -2.50. The molecule has 0 saturated carbocycles. The first kappa shape index (κ1) is 18.4. The molecule has 2 fully saturated rings. The van der Waals surface area contributed by atoms with Gasteiger partial charge in [-0.1, -0.05) is 29.3 Å². The standard InChI is InChI=1S/C16H22Cl2N2O3S/c17-14-5-3-6-15(18)16(14)24(21,22)20-9-7-19(8-10-20)12-13-4-1-2-11-23-13/h3,5-6,13H,1-2,4,7-12H2/t13-/m1/s1. The number of hydrogen-bond donors (Lipinski definition) is 0. The van der Waals surface area contributed by atoms with E-state index in [1.54, 1.807) is 18.2 Å². The molecule has 0 aromatic heterocycles. The van der Waals surface area contributed by atoms with Crippen LogP contribution in [-0.2, 0) is 14.8 Å². The minimum atomic E-state index is -3.67. The van der Waals surface area contributed by atoms with Gasteiger partial charge in [0.05, 0.1) is 16.1 Å². The van der Waals surface area contributed by atoms with Gasteiger partial charge in [-0.25, -0.2) is 8.42 Å². The van der Waals surface area contributed by atoms with E-state index in [4.69, 9.17) is 27.9 Å². The highest BCUT2D eigenvalue weighted by atomic mass is 35.5. The lowest BCUT2D eigenvalue weighted by Gasteiger charge is -2.36. The molecule has 3 rings (SSSR count). The molecule has 1 atom stereocenters. The van der Waals surface area contributed by atoms with Crippen LogP contribution in [0.3, 0.4) is 0 Å². The Hall–Kier alpha value is -0.370. The molecule has 0 amide bonds. The molecule has 0 spiro atoms. The van der Waals surface area contributed by atoms with Crippen LogP contribution in [0.25, 0.3) is 0 Å². The number of benzene rings is 1. The summed E-state index contributed by atoms with van der Waals surface area (Å²) in [6, 6.07) is 4.75. The van der Waals surface area contributed by atoms with E-state index in [1.807, 2.05) is 0 Å². The van der Waals surface area contributed by atoms with Crippen LogP contribution in [0.15, 0.2) is 23.1 Å². The van der Waals surface area contributed by atoms with Crippen molar-refractivity contribution in [1.82, 2.24) is 9.21 Å². The maximum atomic E-state index is 12.8. The summed E-state index contributed by atoms with van der Waals surface area (Å²) < 4.78 is 32.9. The molecule has 0 unspecified atom stereocenters. The summed E-state index contributed by atoms with van der Waals surface area (Å²) in [5.41, 5.74) is 0. The Balaban J connectivity index is 1.63. The highest BCUT2D eigenvalue weighted by molar-refractivity contribution is 7.89. The summed E-state index contributed by atoms with van der Waals surface area (Å²) in [5.74, 6) is 0. The molecule has 1 aromatic carbocycles. The summed E-state index contributed by atoms with van der Waals surface area (Å²) in [4.78, 5) is 2.29. The van der Waals surface area contributed by atoms with Crippen molar-refractivity contribution in [2.45, 2.75) is 30.3 Å². The molecule has 0 bridgehead atoms. The molecule has 2 saturated heterocycles. The van der Waals surface area contributed by atoms with E-state index < -0.39 is 10.0 Å². The third-order valence-electron chi connectivity index (χ3n) is 4.58. The summed E-state index contributed by atoms with van der Waals surface area (Å²) in [6.07, 6.45) is 3.72. The molecular formula is C16H22Cl2N2O3S. The smallest absolute Gasteiger partial charge is 0.246 e. The molecular weight excluding hydrogens is 371 g/mol. The zero-order valence-electron chi connectivity index (χ0n) is 13.5. The molecule has 2 heterocycles. The number of sulfonamides is 1. The largest absolute Gasteiger partial charge is 0.377 e. The fourth-order valence-electron chi connectivity index (χ4n) is 3.25. The molecule has 0 radical (unpaired) electrons. The first-order chi connectivity index (χ1) is 11.5. The summed E-state index contributed by atoms with van der Waals surface area (Å²) in [6.45, 7) is 3.99. The third-order valence-corrected chi connectivity index (χ3v) is 7.44. The van der Waals surface area contributed by atoms with E-state index in [9.17, 15) is 8.42 Å². The van der Waals surface area contributed by atoms with E-state index in [-0.39, 0.29) is 21.0 Å². The summed E-state index contributed by atoms with van der Waals surface area (Å²) >= 11 is 12.1. The number of halogens is 2. The number of nitrogens with zero attached hydrogens (tertiary/aromatic N) is 2. The Morgan fingerprint density at radius 3 is 2.33 bits per heavy atom. The van der Waals surface area contributed by atoms with Gasteiger partial charge >= 0.3 is 0 Å². The van der Waals surface area contributed by atoms with Gasteiger partial charge in [0.2, 0.25) is 10.0 Å². The van der Waals surface area contributed by atoms with E-state index >= 15 is 0 Å². The van der Waals surface area contributed by atoms with E-state index in [0.29, 0.717) is 26.2 Å². The van der Waals surface area contributed by atoms with Crippen LogP contribution < -0.4 is 0 Å². The molecule has 2 aliphatic rings. The van der Waals surface area contributed by atoms with Gasteiger partial charge in [0.1, 0.15) is 4.90 Å². The quantitative estimate of drug-likeness (QED) is 0.790. The van der Waals surface area contributed by atoms with Crippen LogP contribution in [-0.4, -0.2) is 63.1 Å². The molecule has 2 aliphatic heterocycles. The van der Waals surface area contributed by atoms with Crippen LogP contribution in [0.5, 0.6) is 0 Å². The predicted molar refractivity (Wildman–Crippen MR) is 95.3 cm³/mol. The minimum Gasteiger partial charge on any atom is -0.377 e. The zero-order valence-corrected chi connectivity index (χ0v) is 15.8. The predicted octanol–water partition coefficient (Wildman–Crippen LogP) is 2.87. The average molecular weight is 393 g/mol. The van der Waals surface area contributed by atoms with Crippen LogP contribution in [0.2, 0.25) is 10.0 Å². The van der Waals surface area contributed by atoms with Crippen LogP contribution in [0.1, 0.15) is 19.3 Å². The molecule has 134 valence electrons. The Bertz CT molecular complexity index is 650. The maximum Gasteiger partial charge on any atom is 0.246 e. The van der Waals surface area contributed by atoms with Gasteiger partial charge in [0, 0.05) is 39.3 Å². The van der Waals surface area contributed by atoms with Crippen molar-refractivity contribution in [3.8, 4) is 0 Å². The molecule has 8 heteroatoms. The van der Waals surface area contributed by atoms with E-state index in [2.05, 4.69) is 4.90 Å². The van der Waals surface area contributed by atoms with Crippen molar-refractivity contribution in [1.29, 1.82) is 0 Å². The van der Waals surface area contributed by atoms with Gasteiger partial charge < -0.3 is 4.74 Å². The second-order valence-corrected chi connectivity index (χ2v) is 8.93. The maximum absolute atomic E-state index is 12.8. The van der Waals surface area contributed by atoms with Crippen molar-refractivity contribution < 1.29 is 13.2 Å². The number of piperazine rings is 1. The first-order valence-corrected chi connectivity index (χ1v) is 10.5. The lowest BCUT2D eigenvalue weighted by molar-refractivity contribution is -0.0103. The van der Waals surface area contributed by atoms with Gasteiger partial charge in [-0.05, 0) is 31.4 Å². The van der Waals surface area contributed by atoms with Crippen molar-refractivity contribution in [2.24, 2.45) is 0 Å². The SMILES string of the molecule is O=S(=O)(c1c(Cl)cccc1Cl)N1CCN(C[C@H]2CCCCO2)CC1. The molecule has 0 N–H and O–H groups in total. The van der Waals surface area contributed by atoms with Gasteiger partial charge in [-0.15, -0.1) is 0 Å². The third kappa shape index (κ3) is 4.06. The zero-order chi connectivity index (χ0) is 17.2. The van der Waals surface area contributed by atoms with Crippen LogP contribution >= 0.6 is 23.2 Å². The Morgan fingerprint density at radius 2 is 1.75 bits per heavy atom. The lowest BCUT2D eigenvalue weighted by atomic mass is 10.1. The number of ether oxygens (including phenoxy) is 1. The van der Waals surface area contributed by atoms with Crippen molar-refractivity contribution in [3.63, 3.8) is 0 Å². The normalized spacial score (nSPS) is 24.2. The second kappa shape index (κ2) is 7.89. The summed E-state index contributed by atoms with van der Waals surface area (Å²) in [7, 11) is -3.67. The highest BCUT2D eigenvalue weighted by Gasteiger charge is 2.32. The summed E-state index contributed by atoms with van der Waals surface area (Å²) in [5, 5.41) is 0.334. The monoisotopic (exact) mass is 392 g/mol. The Morgan fingerprint density at radius 1 is 1.08 bits per heavy atom. The van der Waals surface area contributed by atoms with E-state index in [1.165, 1.54) is 10.7 Å². The fraction of sp³-hybridized carbons (Fsp3) is 0.625.